The van der Waals surface area contributed by atoms with Gasteiger partial charge in [-0.05, 0) is 12.8 Å². The Morgan fingerprint density at radius 2 is 2.42 bits per heavy atom. The van der Waals surface area contributed by atoms with E-state index >= 15 is 0 Å². The largest absolute Gasteiger partial charge is 0.354 e. The number of methoxy groups -OCH3 is 1. The fourth-order valence-corrected chi connectivity index (χ4v) is 1.39. The summed E-state index contributed by atoms with van der Waals surface area (Å²) in [6.45, 7) is 2.22. The van der Waals surface area contributed by atoms with Crippen molar-refractivity contribution >= 4 is 5.91 Å². The van der Waals surface area contributed by atoms with Gasteiger partial charge in [0.05, 0.1) is 6.04 Å². The predicted molar refractivity (Wildman–Crippen MR) is 43.6 cm³/mol. The minimum Gasteiger partial charge on any atom is -0.354 e. The molecule has 0 aliphatic carbocycles. The molecule has 0 bridgehead atoms. The number of hydrogen-bond acceptors (Lipinski definition) is 3. The van der Waals surface area contributed by atoms with Crippen molar-refractivity contribution in [2.45, 2.75) is 32.1 Å². The molecule has 0 aromatic heterocycles. The molecule has 0 unspecified atom stereocenters. The van der Waals surface area contributed by atoms with Crippen LogP contribution in [0.15, 0.2) is 0 Å². The second kappa shape index (κ2) is 4.42. The zero-order valence-electron chi connectivity index (χ0n) is 7.50. The maximum absolute atomic E-state index is 10.8. The zero-order chi connectivity index (χ0) is 8.97. The van der Waals surface area contributed by atoms with Crippen molar-refractivity contribution in [3.63, 3.8) is 0 Å². The zero-order valence-corrected chi connectivity index (χ0v) is 7.50. The summed E-state index contributed by atoms with van der Waals surface area (Å²) in [5.41, 5.74) is 0. The molecule has 1 fully saturated rings. The highest BCUT2D eigenvalue weighted by atomic mass is 16.7. The quantitative estimate of drug-likeness (QED) is 0.652. The minimum absolute atomic E-state index is 0.0150. The van der Waals surface area contributed by atoms with Crippen molar-refractivity contribution < 1.29 is 14.3 Å². The number of ether oxygens (including phenoxy) is 2. The van der Waals surface area contributed by atoms with Gasteiger partial charge in [-0.2, -0.15) is 0 Å². The summed E-state index contributed by atoms with van der Waals surface area (Å²) < 4.78 is 10.4. The van der Waals surface area contributed by atoms with Crippen LogP contribution < -0.4 is 5.32 Å². The third kappa shape index (κ3) is 2.46. The molecule has 4 nitrogen and oxygen atoms in total. The Hall–Kier alpha value is -0.610. The summed E-state index contributed by atoms with van der Waals surface area (Å²) in [4.78, 5) is 10.8. The van der Waals surface area contributed by atoms with Crippen molar-refractivity contribution in [3.8, 4) is 0 Å². The highest BCUT2D eigenvalue weighted by Gasteiger charge is 2.25. The average Bonchev–Trinajstić information content (AvgIpc) is 2.04. The molecule has 12 heavy (non-hydrogen) atoms. The molecule has 0 spiro atoms. The number of hydrogen-bond donors (Lipinski definition) is 1. The first-order valence-electron chi connectivity index (χ1n) is 4.15. The van der Waals surface area contributed by atoms with Crippen molar-refractivity contribution in [2.75, 3.05) is 13.7 Å². The van der Waals surface area contributed by atoms with Gasteiger partial charge in [-0.15, -0.1) is 0 Å². The van der Waals surface area contributed by atoms with E-state index in [-0.39, 0.29) is 18.2 Å². The molecule has 1 aliphatic heterocycles. The van der Waals surface area contributed by atoms with Crippen molar-refractivity contribution in [1.82, 2.24) is 5.32 Å². The summed E-state index contributed by atoms with van der Waals surface area (Å²) in [7, 11) is 1.59. The maximum atomic E-state index is 10.8. The van der Waals surface area contributed by atoms with E-state index in [0.717, 1.165) is 12.8 Å². The second-order valence-electron chi connectivity index (χ2n) is 2.92. The van der Waals surface area contributed by atoms with Crippen LogP contribution in [0.5, 0.6) is 0 Å². The number of carbonyl (C=O) groups excluding carboxylic acids is 1. The standard InChI is InChI=1S/C8H15NO3/c1-6(10)9-7-4-3-5-12-8(7)11-2/h7-8H,3-5H2,1-2H3,(H,9,10)/t7-,8-/m1/s1. The van der Waals surface area contributed by atoms with Gasteiger partial charge in [-0.3, -0.25) is 4.79 Å². The molecule has 0 radical (unpaired) electrons. The Kier molecular flexibility index (Phi) is 3.49. The molecule has 1 amide bonds. The lowest BCUT2D eigenvalue weighted by Gasteiger charge is -2.30. The van der Waals surface area contributed by atoms with Crippen LogP contribution in [0.1, 0.15) is 19.8 Å². The topological polar surface area (TPSA) is 47.6 Å². The van der Waals surface area contributed by atoms with Gasteiger partial charge in [0.15, 0.2) is 6.29 Å². The third-order valence-corrected chi connectivity index (χ3v) is 1.89. The molecule has 70 valence electrons. The third-order valence-electron chi connectivity index (χ3n) is 1.89. The van der Waals surface area contributed by atoms with E-state index in [2.05, 4.69) is 5.32 Å². The van der Waals surface area contributed by atoms with E-state index < -0.39 is 0 Å². The Bertz CT molecular complexity index is 160. The summed E-state index contributed by atoms with van der Waals surface area (Å²) in [5.74, 6) is -0.0347. The fraction of sp³-hybridized carbons (Fsp3) is 0.875. The van der Waals surface area contributed by atoms with Crippen LogP contribution in [0, 0.1) is 0 Å². The molecule has 1 rings (SSSR count). The Balaban J connectivity index is 2.41. The average molecular weight is 173 g/mol. The number of carbonyl (C=O) groups is 1. The van der Waals surface area contributed by atoms with E-state index in [1.54, 1.807) is 7.11 Å². The Labute approximate surface area is 72.2 Å². The molecule has 0 aromatic carbocycles. The van der Waals surface area contributed by atoms with Crippen LogP contribution >= 0.6 is 0 Å². The van der Waals surface area contributed by atoms with Crippen LogP contribution in [-0.4, -0.2) is 32.0 Å². The number of rotatable bonds is 2. The molecule has 1 N–H and O–H groups in total. The fourth-order valence-electron chi connectivity index (χ4n) is 1.39. The normalized spacial score (nSPS) is 29.8. The van der Waals surface area contributed by atoms with Gasteiger partial charge in [0, 0.05) is 20.6 Å². The molecular weight excluding hydrogens is 158 g/mol. The summed E-state index contributed by atoms with van der Waals surface area (Å²) in [6, 6.07) is 0.0150. The molecular formula is C8H15NO3. The molecule has 2 atom stereocenters. The minimum atomic E-state index is -0.275. The molecule has 4 heteroatoms. The first kappa shape index (κ1) is 9.48. The van der Waals surface area contributed by atoms with Gasteiger partial charge >= 0.3 is 0 Å². The van der Waals surface area contributed by atoms with E-state index in [1.807, 2.05) is 0 Å². The highest BCUT2D eigenvalue weighted by Crippen LogP contribution is 2.13. The summed E-state index contributed by atoms with van der Waals surface area (Å²) in [6.07, 6.45) is 1.63. The molecule has 1 aliphatic rings. The summed E-state index contributed by atoms with van der Waals surface area (Å²) >= 11 is 0. The van der Waals surface area contributed by atoms with Gasteiger partial charge < -0.3 is 14.8 Å². The lowest BCUT2D eigenvalue weighted by atomic mass is 10.1. The van der Waals surface area contributed by atoms with Crippen molar-refractivity contribution in [1.29, 1.82) is 0 Å². The summed E-state index contributed by atoms with van der Waals surface area (Å²) in [5, 5.41) is 2.79. The van der Waals surface area contributed by atoms with Gasteiger partial charge in [0.25, 0.3) is 0 Å². The predicted octanol–water partition coefficient (Wildman–Crippen LogP) is 0.274. The van der Waals surface area contributed by atoms with E-state index in [4.69, 9.17) is 9.47 Å². The van der Waals surface area contributed by atoms with Gasteiger partial charge in [-0.1, -0.05) is 0 Å². The first-order valence-corrected chi connectivity index (χ1v) is 4.15. The van der Waals surface area contributed by atoms with E-state index in [1.165, 1.54) is 6.92 Å². The molecule has 1 heterocycles. The number of nitrogens with one attached hydrogen (secondary N) is 1. The highest BCUT2D eigenvalue weighted by molar-refractivity contribution is 5.73. The van der Waals surface area contributed by atoms with Crippen LogP contribution in [0.3, 0.4) is 0 Å². The van der Waals surface area contributed by atoms with Gasteiger partial charge in [0.2, 0.25) is 5.91 Å². The van der Waals surface area contributed by atoms with E-state index in [9.17, 15) is 4.79 Å². The van der Waals surface area contributed by atoms with Crippen LogP contribution in [0.25, 0.3) is 0 Å². The molecule has 0 aromatic rings. The first-order chi connectivity index (χ1) is 5.74. The molecule has 0 saturated carbocycles. The smallest absolute Gasteiger partial charge is 0.217 e. The van der Waals surface area contributed by atoms with Gasteiger partial charge in [-0.25, -0.2) is 0 Å². The van der Waals surface area contributed by atoms with Gasteiger partial charge in [0.1, 0.15) is 0 Å². The maximum Gasteiger partial charge on any atom is 0.217 e. The lowest BCUT2D eigenvalue weighted by molar-refractivity contribution is -0.165. The van der Waals surface area contributed by atoms with Crippen LogP contribution in [-0.2, 0) is 14.3 Å². The van der Waals surface area contributed by atoms with Crippen molar-refractivity contribution in [3.05, 3.63) is 0 Å². The SMILES string of the molecule is CO[C@@H]1OCCC[C@H]1NC(C)=O. The van der Waals surface area contributed by atoms with Crippen molar-refractivity contribution in [2.24, 2.45) is 0 Å². The monoisotopic (exact) mass is 173 g/mol. The van der Waals surface area contributed by atoms with Crippen LogP contribution in [0.2, 0.25) is 0 Å². The second-order valence-corrected chi connectivity index (χ2v) is 2.92. The van der Waals surface area contributed by atoms with Crippen LogP contribution in [0.4, 0.5) is 0 Å². The lowest BCUT2D eigenvalue weighted by Crippen LogP contribution is -2.47. The Morgan fingerprint density at radius 3 is 3.00 bits per heavy atom. The van der Waals surface area contributed by atoms with E-state index in [0.29, 0.717) is 6.61 Å². The number of amides is 1. The molecule has 1 saturated heterocycles. The Morgan fingerprint density at radius 1 is 1.67 bits per heavy atom.